The van der Waals surface area contributed by atoms with Crippen molar-refractivity contribution in [2.24, 2.45) is 0 Å². The fraction of sp³-hybridized carbons (Fsp3) is 1.00. The number of hydrogen-bond acceptors (Lipinski definition) is 1. The van der Waals surface area contributed by atoms with Crippen molar-refractivity contribution in [2.75, 3.05) is 25.5 Å². The van der Waals surface area contributed by atoms with Crippen LogP contribution in [0.25, 0.3) is 0 Å². The summed E-state index contributed by atoms with van der Waals surface area (Å²) in [6, 6.07) is 0. The van der Waals surface area contributed by atoms with Crippen LogP contribution in [-0.4, -0.2) is 30.4 Å². The Hall–Kier alpha value is 0.250. The third kappa shape index (κ3) is 1.64. The highest BCUT2D eigenvalue weighted by atomic mass is 35.5. The molecule has 48 valence electrons. The van der Waals surface area contributed by atoms with Crippen LogP contribution in [0, 0.1) is 11.6 Å². The molecule has 1 nitrogen and oxygen atoms in total. The van der Waals surface area contributed by atoms with E-state index in [-0.39, 0.29) is 0 Å². The molecule has 1 heterocycles. The van der Waals surface area contributed by atoms with E-state index in [0.29, 0.717) is 0 Å². The highest BCUT2D eigenvalue weighted by Crippen LogP contribution is 2.05. The average molecular weight is 135 g/mol. The maximum absolute atomic E-state index is 4.85. The summed E-state index contributed by atoms with van der Waals surface area (Å²) >= 11 is 4.85. The zero-order chi connectivity index (χ0) is 5.82. The molecule has 1 aliphatic rings. The van der Waals surface area contributed by atoms with Gasteiger partial charge in [-0.15, -0.1) is 0 Å². The molecule has 0 unspecified atom stereocenters. The van der Waals surface area contributed by atoms with Gasteiger partial charge in [0.15, 0.2) is 5.88 Å². The van der Waals surface area contributed by atoms with Crippen LogP contribution in [0.2, 0.25) is 0 Å². The molecule has 0 aromatic rings. The molecule has 0 aromatic heterocycles. The molecule has 0 saturated carbocycles. The van der Waals surface area contributed by atoms with Crippen LogP contribution in [0.3, 0.4) is 0 Å². The number of hydrogen-bond donors (Lipinski definition) is 0. The lowest BCUT2D eigenvalue weighted by Gasteiger charge is -2.08. The zero-order valence-electron chi connectivity index (χ0n) is 5.10. The number of nitrogens with zero attached hydrogens (tertiary/aromatic N) is 1. The van der Waals surface area contributed by atoms with E-state index in [1.54, 1.807) is 0 Å². The van der Waals surface area contributed by atoms with Crippen molar-refractivity contribution >= 4 is 0 Å². The molecule has 2 heteroatoms. The Bertz CT molecular complexity index is 59.5. The molecule has 0 radical (unpaired) electrons. The SMILES string of the molecule is [ClH+]CCN1CCCC1. The number of rotatable bonds is 2. The van der Waals surface area contributed by atoms with Crippen LogP contribution >= 0.6 is 0 Å². The van der Waals surface area contributed by atoms with Crippen molar-refractivity contribution in [1.82, 2.24) is 4.90 Å². The van der Waals surface area contributed by atoms with Gasteiger partial charge in [-0.25, -0.2) is 0 Å². The Balaban J connectivity index is 2.06. The van der Waals surface area contributed by atoms with Gasteiger partial charge in [-0.2, -0.15) is 0 Å². The predicted octanol–water partition coefficient (Wildman–Crippen LogP) is 0.364. The van der Waals surface area contributed by atoms with Crippen molar-refractivity contribution in [3.63, 3.8) is 0 Å². The lowest BCUT2D eigenvalue weighted by Crippen LogP contribution is -2.21. The Morgan fingerprint density at radius 2 is 1.88 bits per heavy atom. The summed E-state index contributed by atoms with van der Waals surface area (Å²) in [7, 11) is 0. The van der Waals surface area contributed by atoms with Gasteiger partial charge in [0.2, 0.25) is 0 Å². The lowest BCUT2D eigenvalue weighted by molar-refractivity contribution is -0.368. The van der Waals surface area contributed by atoms with Gasteiger partial charge in [0, 0.05) is 0 Å². The largest absolute Gasteiger partial charge is 0.298 e. The van der Waals surface area contributed by atoms with E-state index in [0.717, 1.165) is 12.4 Å². The normalized spacial score (nSPS) is 22.1. The molecule has 0 amide bonds. The first-order chi connectivity index (χ1) is 3.93. The summed E-state index contributed by atoms with van der Waals surface area (Å²) in [4.78, 5) is 2.44. The standard InChI is InChI=1S/C6H13ClN/c7-3-6-8-4-1-2-5-8/h7H,1-6H2/q+1. The Morgan fingerprint density at radius 1 is 1.25 bits per heavy atom. The van der Waals surface area contributed by atoms with E-state index in [9.17, 15) is 0 Å². The van der Waals surface area contributed by atoms with Crippen LogP contribution in [-0.2, 0) is 0 Å². The second kappa shape index (κ2) is 3.31. The average Bonchev–Trinajstić information content (AvgIpc) is 2.19. The maximum atomic E-state index is 4.85. The number of halogens is 1. The minimum Gasteiger partial charge on any atom is -0.298 e. The van der Waals surface area contributed by atoms with Crippen LogP contribution in [0.4, 0.5) is 0 Å². The van der Waals surface area contributed by atoms with Gasteiger partial charge in [-0.1, -0.05) is 0 Å². The molecule has 1 rings (SSSR count). The van der Waals surface area contributed by atoms with E-state index in [2.05, 4.69) is 4.90 Å². The number of likely N-dealkylation sites (tertiary alicyclic amines) is 1. The first kappa shape index (κ1) is 6.37. The molecule has 0 N–H and O–H groups in total. The lowest BCUT2D eigenvalue weighted by atomic mass is 10.4. The first-order valence-corrected chi connectivity index (χ1v) is 3.81. The summed E-state index contributed by atoms with van der Waals surface area (Å²) < 4.78 is 0. The van der Waals surface area contributed by atoms with Crippen LogP contribution in [0.15, 0.2) is 0 Å². The summed E-state index contributed by atoms with van der Waals surface area (Å²) in [5.74, 6) is 0.903. The van der Waals surface area contributed by atoms with E-state index in [1.807, 2.05) is 0 Å². The van der Waals surface area contributed by atoms with Gasteiger partial charge < -0.3 is 0 Å². The Morgan fingerprint density at radius 3 is 2.38 bits per heavy atom. The first-order valence-electron chi connectivity index (χ1n) is 3.24. The highest BCUT2D eigenvalue weighted by Gasteiger charge is 2.10. The number of alkyl halides is 1. The predicted molar refractivity (Wildman–Crippen MR) is 31.9 cm³/mol. The monoisotopic (exact) mass is 134 g/mol. The minimum absolute atomic E-state index is 0.903. The second-order valence-electron chi connectivity index (χ2n) is 2.25. The summed E-state index contributed by atoms with van der Waals surface area (Å²) in [5.41, 5.74) is 0. The smallest absolute Gasteiger partial charge is 0.182 e. The van der Waals surface area contributed by atoms with Crippen molar-refractivity contribution in [3.05, 3.63) is 0 Å². The van der Waals surface area contributed by atoms with Crippen LogP contribution in [0.5, 0.6) is 0 Å². The molecule has 0 atom stereocenters. The quantitative estimate of drug-likeness (QED) is 0.493. The molecule has 0 bridgehead atoms. The highest BCUT2D eigenvalue weighted by molar-refractivity contribution is 4.64. The van der Waals surface area contributed by atoms with Gasteiger partial charge in [-0.3, -0.25) is 4.90 Å². The third-order valence-corrected chi connectivity index (χ3v) is 1.79. The van der Waals surface area contributed by atoms with Crippen LogP contribution in [0.1, 0.15) is 12.8 Å². The van der Waals surface area contributed by atoms with E-state index in [1.165, 1.54) is 25.9 Å². The summed E-state index contributed by atoms with van der Waals surface area (Å²) in [6.45, 7) is 3.71. The van der Waals surface area contributed by atoms with E-state index >= 15 is 0 Å². The van der Waals surface area contributed by atoms with Gasteiger partial charge >= 0.3 is 0 Å². The van der Waals surface area contributed by atoms with E-state index in [4.69, 9.17) is 11.6 Å². The Labute approximate surface area is 55.6 Å². The van der Waals surface area contributed by atoms with Crippen molar-refractivity contribution in [1.29, 1.82) is 0 Å². The topological polar surface area (TPSA) is 3.24 Å². The van der Waals surface area contributed by atoms with Gasteiger partial charge in [-0.05, 0) is 25.9 Å². The van der Waals surface area contributed by atoms with Gasteiger partial charge in [0.05, 0.1) is 6.54 Å². The van der Waals surface area contributed by atoms with E-state index < -0.39 is 0 Å². The summed E-state index contributed by atoms with van der Waals surface area (Å²) in [6.07, 6.45) is 2.77. The summed E-state index contributed by atoms with van der Waals surface area (Å²) in [5, 5.41) is 0. The molecule has 1 aliphatic heterocycles. The van der Waals surface area contributed by atoms with Gasteiger partial charge in [0.1, 0.15) is 11.6 Å². The van der Waals surface area contributed by atoms with Crippen LogP contribution < -0.4 is 0 Å². The fourth-order valence-electron chi connectivity index (χ4n) is 1.14. The molecule has 8 heavy (non-hydrogen) atoms. The molecular formula is C6H13ClN+. The third-order valence-electron chi connectivity index (χ3n) is 1.61. The minimum atomic E-state index is 0.903. The molecule has 1 fully saturated rings. The van der Waals surface area contributed by atoms with Crippen molar-refractivity contribution in [3.8, 4) is 0 Å². The molecular weight excluding hydrogens is 122 g/mol. The maximum Gasteiger partial charge on any atom is 0.182 e. The molecule has 0 aromatic carbocycles. The molecule has 1 saturated heterocycles. The van der Waals surface area contributed by atoms with Gasteiger partial charge in [0.25, 0.3) is 0 Å². The van der Waals surface area contributed by atoms with Crippen molar-refractivity contribution < 1.29 is 11.6 Å². The zero-order valence-corrected chi connectivity index (χ0v) is 5.91. The molecule has 0 spiro atoms. The Kier molecular flexibility index (Phi) is 2.64. The fourth-order valence-corrected chi connectivity index (χ4v) is 1.39. The molecule has 0 aliphatic carbocycles. The van der Waals surface area contributed by atoms with Crippen molar-refractivity contribution in [2.45, 2.75) is 12.8 Å². The second-order valence-corrected chi connectivity index (χ2v) is 2.66.